The third-order valence-corrected chi connectivity index (χ3v) is 6.61. The van der Waals surface area contributed by atoms with Gasteiger partial charge in [-0.05, 0) is 55.2 Å². The lowest BCUT2D eigenvalue weighted by atomic mass is 9.91. The highest BCUT2D eigenvalue weighted by Gasteiger charge is 2.34. The van der Waals surface area contributed by atoms with Crippen LogP contribution in [0, 0.1) is 12.3 Å². The first-order valence-corrected chi connectivity index (χ1v) is 11.7. The zero-order valence-corrected chi connectivity index (χ0v) is 19.9. The van der Waals surface area contributed by atoms with Gasteiger partial charge in [0.15, 0.2) is 0 Å². The fraction of sp³-hybridized carbons (Fsp3) is 0.520. The molecule has 0 saturated heterocycles. The van der Waals surface area contributed by atoms with Crippen LogP contribution in [0.5, 0.6) is 0 Å². The number of hydrogen-bond acceptors (Lipinski definition) is 3. The van der Waals surface area contributed by atoms with Gasteiger partial charge in [0.2, 0.25) is 11.8 Å². The van der Waals surface area contributed by atoms with Crippen LogP contribution in [0.3, 0.4) is 0 Å². The third-order valence-electron chi connectivity index (χ3n) is 5.61. The first kappa shape index (κ1) is 22.5. The van der Waals surface area contributed by atoms with Crippen LogP contribution in [0.4, 0.5) is 0 Å². The zero-order valence-electron chi connectivity index (χ0n) is 19.1. The zero-order chi connectivity index (χ0) is 22.1. The van der Waals surface area contributed by atoms with Crippen molar-refractivity contribution in [1.29, 1.82) is 0 Å². The summed E-state index contributed by atoms with van der Waals surface area (Å²) in [7, 11) is 0. The molecule has 2 heterocycles. The van der Waals surface area contributed by atoms with E-state index < -0.39 is 0 Å². The van der Waals surface area contributed by atoms with Gasteiger partial charge in [-0.1, -0.05) is 50.6 Å². The number of fused-ring (bicyclic) bond motifs is 1. The topological polar surface area (TPSA) is 40.6 Å². The Morgan fingerprint density at radius 1 is 1.17 bits per heavy atom. The van der Waals surface area contributed by atoms with Gasteiger partial charge < -0.3 is 9.80 Å². The highest BCUT2D eigenvalue weighted by molar-refractivity contribution is 7.10. The molecule has 1 atom stereocenters. The summed E-state index contributed by atoms with van der Waals surface area (Å²) in [6.07, 6.45) is 1.31. The highest BCUT2D eigenvalue weighted by Crippen LogP contribution is 2.38. The minimum atomic E-state index is -0.103. The lowest BCUT2D eigenvalue weighted by Gasteiger charge is -2.38. The van der Waals surface area contributed by atoms with Gasteiger partial charge in [-0.3, -0.25) is 9.59 Å². The number of carbonyl (C=O) groups excluding carboxylic acids is 2. The average Bonchev–Trinajstić information content (AvgIpc) is 3.13. The number of benzene rings is 1. The summed E-state index contributed by atoms with van der Waals surface area (Å²) >= 11 is 1.77. The van der Waals surface area contributed by atoms with E-state index in [2.05, 4.69) is 63.4 Å². The molecule has 0 fully saturated rings. The molecule has 1 aliphatic rings. The number of carbonyl (C=O) groups is 2. The maximum absolute atomic E-state index is 13.5. The third kappa shape index (κ3) is 5.12. The molecule has 0 spiro atoms. The molecule has 5 heteroatoms. The summed E-state index contributed by atoms with van der Waals surface area (Å²) in [4.78, 5) is 31.5. The Kier molecular flexibility index (Phi) is 6.71. The van der Waals surface area contributed by atoms with Crippen molar-refractivity contribution in [2.45, 2.75) is 66.5 Å². The van der Waals surface area contributed by atoms with Crippen LogP contribution in [0.2, 0.25) is 0 Å². The molecular formula is C25H34N2O2S. The lowest BCUT2D eigenvalue weighted by Crippen LogP contribution is -2.49. The standard InChI is InChI=1S/C25H34N2O2S/c1-17(2)27(22(28)15-25(4,5)6)16-23(29)26-13-11-21-20(12-14-30-21)24(26)19-9-7-18(3)8-10-19/h7-10,12,14,17,24H,11,13,15-16H2,1-6H3/t24-/m1/s1. The van der Waals surface area contributed by atoms with Crippen molar-refractivity contribution in [2.24, 2.45) is 5.41 Å². The summed E-state index contributed by atoms with van der Waals surface area (Å²) in [6.45, 7) is 13.0. The van der Waals surface area contributed by atoms with E-state index in [9.17, 15) is 9.59 Å². The second kappa shape index (κ2) is 8.93. The van der Waals surface area contributed by atoms with Gasteiger partial charge in [0.05, 0.1) is 6.04 Å². The Morgan fingerprint density at radius 2 is 1.83 bits per heavy atom. The lowest BCUT2D eigenvalue weighted by molar-refractivity contribution is -0.144. The number of amides is 2. The van der Waals surface area contributed by atoms with Crippen molar-refractivity contribution in [2.75, 3.05) is 13.1 Å². The van der Waals surface area contributed by atoms with E-state index in [1.807, 2.05) is 18.7 Å². The Balaban J connectivity index is 1.87. The monoisotopic (exact) mass is 426 g/mol. The summed E-state index contributed by atoms with van der Waals surface area (Å²) < 4.78 is 0. The maximum atomic E-state index is 13.5. The van der Waals surface area contributed by atoms with Crippen LogP contribution >= 0.6 is 11.3 Å². The van der Waals surface area contributed by atoms with Crippen LogP contribution in [0.15, 0.2) is 35.7 Å². The van der Waals surface area contributed by atoms with E-state index in [1.165, 1.54) is 16.0 Å². The van der Waals surface area contributed by atoms with Crippen LogP contribution in [0.25, 0.3) is 0 Å². The normalized spacial score (nSPS) is 16.5. The largest absolute Gasteiger partial charge is 0.331 e. The fourth-order valence-corrected chi connectivity index (χ4v) is 4.95. The quantitative estimate of drug-likeness (QED) is 0.659. The number of thiophene rings is 1. The van der Waals surface area contributed by atoms with Crippen molar-refractivity contribution >= 4 is 23.2 Å². The molecule has 0 saturated carbocycles. The van der Waals surface area contributed by atoms with Gasteiger partial charge >= 0.3 is 0 Å². The maximum Gasteiger partial charge on any atom is 0.243 e. The van der Waals surface area contributed by atoms with E-state index in [0.29, 0.717) is 13.0 Å². The van der Waals surface area contributed by atoms with Gasteiger partial charge in [0, 0.05) is 23.9 Å². The molecule has 4 nitrogen and oxygen atoms in total. The van der Waals surface area contributed by atoms with Crippen LogP contribution in [0.1, 0.15) is 68.6 Å². The molecule has 3 rings (SSSR count). The number of aryl methyl sites for hydroxylation is 1. The Morgan fingerprint density at radius 3 is 2.43 bits per heavy atom. The van der Waals surface area contributed by atoms with Crippen molar-refractivity contribution in [1.82, 2.24) is 9.80 Å². The van der Waals surface area contributed by atoms with Gasteiger partial charge in [-0.2, -0.15) is 0 Å². The molecule has 0 unspecified atom stereocenters. The van der Waals surface area contributed by atoms with E-state index in [1.54, 1.807) is 16.2 Å². The van der Waals surface area contributed by atoms with E-state index in [4.69, 9.17) is 0 Å². The molecule has 2 amide bonds. The number of hydrogen-bond donors (Lipinski definition) is 0. The summed E-state index contributed by atoms with van der Waals surface area (Å²) in [5, 5.41) is 2.12. The predicted molar refractivity (Wildman–Crippen MR) is 124 cm³/mol. The van der Waals surface area contributed by atoms with Gasteiger partial charge in [0.25, 0.3) is 0 Å². The van der Waals surface area contributed by atoms with Crippen molar-refractivity contribution in [3.05, 3.63) is 57.3 Å². The van der Waals surface area contributed by atoms with Crippen LogP contribution < -0.4 is 0 Å². The van der Waals surface area contributed by atoms with Gasteiger partial charge in [0.1, 0.15) is 6.54 Å². The second-order valence-electron chi connectivity index (χ2n) is 9.80. The van der Waals surface area contributed by atoms with Crippen molar-refractivity contribution < 1.29 is 9.59 Å². The number of rotatable bonds is 5. The highest BCUT2D eigenvalue weighted by atomic mass is 32.1. The van der Waals surface area contributed by atoms with Gasteiger partial charge in [-0.15, -0.1) is 11.3 Å². The minimum absolute atomic E-state index is 0.0110. The van der Waals surface area contributed by atoms with Crippen LogP contribution in [-0.4, -0.2) is 40.7 Å². The van der Waals surface area contributed by atoms with E-state index in [0.717, 1.165) is 12.0 Å². The first-order chi connectivity index (χ1) is 14.1. The molecule has 0 N–H and O–H groups in total. The molecule has 1 aromatic heterocycles. The Hall–Kier alpha value is -2.14. The molecule has 1 aromatic carbocycles. The molecule has 0 aliphatic carbocycles. The Bertz CT molecular complexity index is 893. The molecular weight excluding hydrogens is 392 g/mol. The molecule has 30 heavy (non-hydrogen) atoms. The van der Waals surface area contributed by atoms with Gasteiger partial charge in [-0.25, -0.2) is 0 Å². The molecule has 2 aromatic rings. The molecule has 0 radical (unpaired) electrons. The fourth-order valence-electron chi connectivity index (χ4n) is 4.04. The molecule has 1 aliphatic heterocycles. The SMILES string of the molecule is Cc1ccc([C@@H]2c3ccsc3CCN2C(=O)CN(C(=O)CC(C)(C)C)C(C)C)cc1. The smallest absolute Gasteiger partial charge is 0.243 e. The van der Waals surface area contributed by atoms with E-state index >= 15 is 0 Å². The molecule has 0 bridgehead atoms. The van der Waals surface area contributed by atoms with E-state index in [-0.39, 0.29) is 35.9 Å². The minimum Gasteiger partial charge on any atom is -0.331 e. The number of nitrogens with zero attached hydrogens (tertiary/aromatic N) is 2. The van der Waals surface area contributed by atoms with Crippen LogP contribution in [-0.2, 0) is 16.0 Å². The molecule has 162 valence electrons. The van der Waals surface area contributed by atoms with Crippen molar-refractivity contribution in [3.63, 3.8) is 0 Å². The predicted octanol–water partition coefficient (Wildman–Crippen LogP) is 5.20. The average molecular weight is 427 g/mol. The summed E-state index contributed by atoms with van der Waals surface area (Å²) in [5.41, 5.74) is 3.46. The van der Waals surface area contributed by atoms with Crippen molar-refractivity contribution in [3.8, 4) is 0 Å². The Labute approximate surface area is 184 Å². The first-order valence-electron chi connectivity index (χ1n) is 10.8. The second-order valence-corrected chi connectivity index (χ2v) is 10.8. The summed E-state index contributed by atoms with van der Waals surface area (Å²) in [5.74, 6) is 0.0688. The summed E-state index contributed by atoms with van der Waals surface area (Å²) in [6, 6.07) is 10.5.